The number of ether oxygens (including phenoxy) is 2. The average molecular weight is 257 g/mol. The summed E-state index contributed by atoms with van der Waals surface area (Å²) < 4.78 is 11.5. The lowest BCUT2D eigenvalue weighted by Gasteiger charge is -2.30. The van der Waals surface area contributed by atoms with Gasteiger partial charge in [0.1, 0.15) is 0 Å². The predicted octanol–water partition coefficient (Wildman–Crippen LogP) is 3.13. The van der Waals surface area contributed by atoms with Crippen LogP contribution in [-0.2, 0) is 9.47 Å². The maximum absolute atomic E-state index is 6.09. The molecule has 0 spiro atoms. The predicted molar refractivity (Wildman–Crippen MR) is 76.0 cm³/mol. The second-order valence-electron chi connectivity index (χ2n) is 5.50. The van der Waals surface area contributed by atoms with E-state index in [0.717, 1.165) is 19.5 Å². The molecule has 1 aliphatic rings. The summed E-state index contributed by atoms with van der Waals surface area (Å²) in [6.45, 7) is 6.50. The van der Waals surface area contributed by atoms with E-state index in [1.54, 1.807) is 0 Å². The summed E-state index contributed by atoms with van der Waals surface area (Å²) in [6, 6.07) is 0. The van der Waals surface area contributed by atoms with Gasteiger partial charge in [0.2, 0.25) is 0 Å². The summed E-state index contributed by atoms with van der Waals surface area (Å²) in [4.78, 5) is 0. The van der Waals surface area contributed by atoms with E-state index in [-0.39, 0.29) is 0 Å². The van der Waals surface area contributed by atoms with Crippen LogP contribution in [0.3, 0.4) is 0 Å². The Kier molecular flexibility index (Phi) is 8.64. The number of rotatable bonds is 9. The molecule has 0 heterocycles. The third-order valence-electron chi connectivity index (χ3n) is 3.72. The standard InChI is InChI=1S/C15H31NO2/c1-4-5-6-10-16-12-13(2)18-15-9-7-8-14(11-15)17-3/h13-16H,4-12H2,1-3H3. The fourth-order valence-corrected chi connectivity index (χ4v) is 2.62. The highest BCUT2D eigenvalue weighted by Crippen LogP contribution is 2.23. The fraction of sp³-hybridized carbons (Fsp3) is 1.00. The zero-order valence-corrected chi connectivity index (χ0v) is 12.4. The van der Waals surface area contributed by atoms with E-state index in [9.17, 15) is 0 Å². The van der Waals surface area contributed by atoms with Gasteiger partial charge in [0.25, 0.3) is 0 Å². The largest absolute Gasteiger partial charge is 0.381 e. The first-order valence-corrected chi connectivity index (χ1v) is 7.65. The Morgan fingerprint density at radius 1 is 1.22 bits per heavy atom. The molecule has 0 radical (unpaired) electrons. The van der Waals surface area contributed by atoms with Crippen molar-refractivity contribution < 1.29 is 9.47 Å². The van der Waals surface area contributed by atoms with Gasteiger partial charge >= 0.3 is 0 Å². The molecule has 3 nitrogen and oxygen atoms in total. The molecule has 3 unspecified atom stereocenters. The molecule has 0 aromatic carbocycles. The molecule has 0 aliphatic heterocycles. The van der Waals surface area contributed by atoms with Crippen molar-refractivity contribution in [2.45, 2.75) is 77.1 Å². The van der Waals surface area contributed by atoms with Crippen LogP contribution < -0.4 is 5.32 Å². The smallest absolute Gasteiger partial charge is 0.0675 e. The van der Waals surface area contributed by atoms with Gasteiger partial charge in [0.05, 0.1) is 18.3 Å². The lowest BCUT2D eigenvalue weighted by molar-refractivity contribution is -0.0580. The van der Waals surface area contributed by atoms with Crippen LogP contribution in [0.2, 0.25) is 0 Å². The van der Waals surface area contributed by atoms with Crippen LogP contribution in [0.1, 0.15) is 58.8 Å². The van der Waals surface area contributed by atoms with Crippen molar-refractivity contribution in [3.8, 4) is 0 Å². The molecule has 1 saturated carbocycles. The number of hydrogen-bond donors (Lipinski definition) is 1. The molecule has 0 saturated heterocycles. The van der Waals surface area contributed by atoms with Crippen LogP contribution >= 0.6 is 0 Å². The molecule has 1 fully saturated rings. The van der Waals surface area contributed by atoms with Gasteiger partial charge in [0.15, 0.2) is 0 Å². The number of nitrogens with one attached hydrogen (secondary N) is 1. The van der Waals surface area contributed by atoms with Crippen LogP contribution in [0.4, 0.5) is 0 Å². The molecule has 1 rings (SSSR count). The lowest BCUT2D eigenvalue weighted by Crippen LogP contribution is -2.34. The number of hydrogen-bond acceptors (Lipinski definition) is 3. The monoisotopic (exact) mass is 257 g/mol. The summed E-state index contributed by atoms with van der Waals surface area (Å²) in [5.74, 6) is 0. The highest BCUT2D eigenvalue weighted by molar-refractivity contribution is 4.74. The quantitative estimate of drug-likeness (QED) is 0.644. The Labute approximate surface area is 113 Å². The normalized spacial score (nSPS) is 26.2. The van der Waals surface area contributed by atoms with E-state index in [1.807, 2.05) is 7.11 Å². The van der Waals surface area contributed by atoms with Gasteiger partial charge < -0.3 is 14.8 Å². The highest BCUT2D eigenvalue weighted by atomic mass is 16.5. The molecule has 3 heteroatoms. The minimum Gasteiger partial charge on any atom is -0.381 e. The summed E-state index contributed by atoms with van der Waals surface area (Å²) >= 11 is 0. The van der Waals surface area contributed by atoms with Crippen molar-refractivity contribution in [3.63, 3.8) is 0 Å². The first-order chi connectivity index (χ1) is 8.76. The van der Waals surface area contributed by atoms with Crippen molar-refractivity contribution in [1.82, 2.24) is 5.32 Å². The van der Waals surface area contributed by atoms with Crippen molar-refractivity contribution in [2.24, 2.45) is 0 Å². The van der Waals surface area contributed by atoms with E-state index in [2.05, 4.69) is 19.2 Å². The molecule has 3 atom stereocenters. The zero-order valence-electron chi connectivity index (χ0n) is 12.4. The Bertz CT molecular complexity index is 199. The Morgan fingerprint density at radius 2 is 2.00 bits per heavy atom. The maximum atomic E-state index is 6.09. The third-order valence-corrected chi connectivity index (χ3v) is 3.72. The van der Waals surface area contributed by atoms with Crippen molar-refractivity contribution in [1.29, 1.82) is 0 Å². The van der Waals surface area contributed by atoms with Gasteiger partial charge in [-0.05, 0) is 45.6 Å². The number of methoxy groups -OCH3 is 1. The van der Waals surface area contributed by atoms with E-state index >= 15 is 0 Å². The molecule has 0 bridgehead atoms. The van der Waals surface area contributed by atoms with E-state index in [4.69, 9.17) is 9.47 Å². The molecule has 1 N–H and O–H groups in total. The van der Waals surface area contributed by atoms with Crippen LogP contribution in [0.25, 0.3) is 0 Å². The summed E-state index contributed by atoms with van der Waals surface area (Å²) in [6.07, 6.45) is 9.70. The fourth-order valence-electron chi connectivity index (χ4n) is 2.62. The van der Waals surface area contributed by atoms with Crippen molar-refractivity contribution >= 4 is 0 Å². The van der Waals surface area contributed by atoms with E-state index < -0.39 is 0 Å². The number of unbranched alkanes of at least 4 members (excludes halogenated alkanes) is 2. The zero-order chi connectivity index (χ0) is 13.2. The molecular formula is C15H31NO2. The van der Waals surface area contributed by atoms with Crippen LogP contribution in [0.15, 0.2) is 0 Å². The van der Waals surface area contributed by atoms with Gasteiger partial charge in [-0.3, -0.25) is 0 Å². The minimum absolute atomic E-state index is 0.312. The van der Waals surface area contributed by atoms with Gasteiger partial charge in [-0.2, -0.15) is 0 Å². The van der Waals surface area contributed by atoms with Gasteiger partial charge in [-0.15, -0.1) is 0 Å². The van der Waals surface area contributed by atoms with E-state index in [1.165, 1.54) is 38.5 Å². The molecule has 1 aliphatic carbocycles. The van der Waals surface area contributed by atoms with Gasteiger partial charge in [0, 0.05) is 13.7 Å². The first kappa shape index (κ1) is 15.9. The second kappa shape index (κ2) is 9.76. The Hall–Kier alpha value is -0.120. The van der Waals surface area contributed by atoms with Crippen LogP contribution in [0, 0.1) is 0 Å². The molecule has 0 aromatic rings. The topological polar surface area (TPSA) is 30.5 Å². The second-order valence-corrected chi connectivity index (χ2v) is 5.50. The van der Waals surface area contributed by atoms with Gasteiger partial charge in [-0.1, -0.05) is 19.8 Å². The summed E-state index contributed by atoms with van der Waals surface area (Å²) in [5.41, 5.74) is 0. The molecule has 108 valence electrons. The Morgan fingerprint density at radius 3 is 2.72 bits per heavy atom. The maximum Gasteiger partial charge on any atom is 0.0675 e. The van der Waals surface area contributed by atoms with Crippen LogP contribution in [0.5, 0.6) is 0 Å². The van der Waals surface area contributed by atoms with Crippen molar-refractivity contribution in [3.05, 3.63) is 0 Å². The summed E-state index contributed by atoms with van der Waals surface area (Å²) in [7, 11) is 1.81. The average Bonchev–Trinajstić information content (AvgIpc) is 2.38. The SMILES string of the molecule is CCCCCNCC(C)OC1CCCC(OC)C1. The molecule has 0 aromatic heterocycles. The highest BCUT2D eigenvalue weighted by Gasteiger charge is 2.23. The molecular weight excluding hydrogens is 226 g/mol. The molecule has 18 heavy (non-hydrogen) atoms. The lowest BCUT2D eigenvalue weighted by atomic mass is 9.95. The van der Waals surface area contributed by atoms with Crippen LogP contribution in [-0.4, -0.2) is 38.5 Å². The minimum atomic E-state index is 0.312. The van der Waals surface area contributed by atoms with E-state index in [0.29, 0.717) is 18.3 Å². The van der Waals surface area contributed by atoms with Gasteiger partial charge in [-0.25, -0.2) is 0 Å². The summed E-state index contributed by atoms with van der Waals surface area (Å²) in [5, 5.41) is 3.48. The van der Waals surface area contributed by atoms with Crippen molar-refractivity contribution in [2.75, 3.05) is 20.2 Å². The molecule has 0 amide bonds. The Balaban J connectivity index is 2.06. The third kappa shape index (κ3) is 6.72. The first-order valence-electron chi connectivity index (χ1n) is 7.65.